The van der Waals surface area contributed by atoms with Crippen LogP contribution in [-0.4, -0.2) is 166 Å². The Morgan fingerprint density at radius 3 is 1.84 bits per heavy atom. The molecule has 17 nitrogen and oxygen atoms in total. The number of nitrogens with one attached hydrogen (secondary N) is 2. The number of hydrogen-bond acceptors (Lipinski definition) is 15. The van der Waals surface area contributed by atoms with Crippen LogP contribution in [0.5, 0.6) is 0 Å². The maximum absolute atomic E-state index is 12.1. The number of ether oxygens (including phenoxy) is 7. The SMILES string of the molecule is COCC1OC(OC(C)(C)C2CCC3(C)C=C(C4CCC5C4(C)CC(O)C4OC(C(C)(C)OC6OC(CO)C(O)C(O)C6NC(C)=O)CCC45C)CCC3O2)C(NC(C)=O)C(O)C1O. The smallest absolute Gasteiger partial charge is 0.217 e. The summed E-state index contributed by atoms with van der Waals surface area (Å²) in [5.41, 5.74) is -1.10. The molecule has 20 unspecified atom stereocenters. The minimum absolute atomic E-state index is 0.0377. The van der Waals surface area contributed by atoms with Gasteiger partial charge in [0, 0.05) is 26.4 Å². The van der Waals surface area contributed by atoms with Crippen molar-refractivity contribution in [1.82, 2.24) is 10.6 Å². The molecule has 17 heteroatoms. The number of carbonyl (C=O) groups excluding carboxylic acids is 2. The molecule has 0 aromatic carbocycles. The van der Waals surface area contributed by atoms with Crippen LogP contribution < -0.4 is 10.6 Å². The Morgan fingerprint density at radius 1 is 0.734 bits per heavy atom. The van der Waals surface area contributed by atoms with Crippen LogP contribution in [0.4, 0.5) is 0 Å². The Balaban J connectivity index is 1.02. The van der Waals surface area contributed by atoms with Crippen LogP contribution in [0, 0.1) is 28.1 Å². The predicted octanol–water partition coefficient (Wildman–Crippen LogP) is 1.74. The summed E-state index contributed by atoms with van der Waals surface area (Å²) in [4.78, 5) is 24.2. The first-order chi connectivity index (χ1) is 29.9. The van der Waals surface area contributed by atoms with Crippen LogP contribution in [0.15, 0.2) is 11.6 Å². The van der Waals surface area contributed by atoms with Crippen LogP contribution in [0.2, 0.25) is 0 Å². The van der Waals surface area contributed by atoms with E-state index in [-0.39, 0.29) is 41.0 Å². The minimum Gasteiger partial charge on any atom is -0.394 e. The van der Waals surface area contributed by atoms with Crippen LogP contribution >= 0.6 is 0 Å². The third-order valence-corrected chi connectivity index (χ3v) is 16.7. The first-order valence-electron chi connectivity index (χ1n) is 23.6. The summed E-state index contributed by atoms with van der Waals surface area (Å²) in [6, 6.07) is -2.08. The van der Waals surface area contributed by atoms with Gasteiger partial charge in [0.25, 0.3) is 0 Å². The fraction of sp³-hybridized carbons (Fsp3) is 0.915. The number of allylic oxidation sites excluding steroid dienone is 1. The molecule has 2 amide bonds. The molecule has 20 atom stereocenters. The number of fused-ring (bicyclic) bond motifs is 4. The lowest BCUT2D eigenvalue weighted by Crippen LogP contribution is -2.67. The van der Waals surface area contributed by atoms with Crippen molar-refractivity contribution < 1.29 is 73.4 Å². The van der Waals surface area contributed by atoms with E-state index in [0.717, 1.165) is 38.5 Å². The fourth-order valence-electron chi connectivity index (χ4n) is 13.4. The zero-order chi connectivity index (χ0) is 46.9. The molecule has 2 saturated carbocycles. The molecule has 3 aliphatic carbocycles. The predicted molar refractivity (Wildman–Crippen MR) is 230 cm³/mol. The van der Waals surface area contributed by atoms with Crippen LogP contribution in [0.1, 0.15) is 120 Å². The first kappa shape index (κ1) is 50.0. The van der Waals surface area contributed by atoms with Crippen molar-refractivity contribution in [2.45, 2.75) is 223 Å². The van der Waals surface area contributed by atoms with Gasteiger partial charge in [-0.1, -0.05) is 32.4 Å². The maximum Gasteiger partial charge on any atom is 0.217 e. The molecule has 0 bridgehead atoms. The summed E-state index contributed by atoms with van der Waals surface area (Å²) in [6.45, 7) is 16.7. The van der Waals surface area contributed by atoms with Crippen molar-refractivity contribution in [2.75, 3.05) is 20.3 Å². The Kier molecular flexibility index (Phi) is 14.5. The molecule has 4 saturated heterocycles. The molecule has 0 aromatic heterocycles. The number of aliphatic hydroxyl groups excluding tert-OH is 6. The Hall–Kier alpha value is -1.84. The number of amides is 2. The van der Waals surface area contributed by atoms with E-state index in [9.17, 15) is 40.2 Å². The highest BCUT2D eigenvalue weighted by atomic mass is 16.7. The second-order valence-corrected chi connectivity index (χ2v) is 22.0. The van der Waals surface area contributed by atoms with Crippen molar-refractivity contribution in [3.05, 3.63) is 11.6 Å². The highest BCUT2D eigenvalue weighted by Crippen LogP contribution is 2.67. The van der Waals surface area contributed by atoms with E-state index >= 15 is 0 Å². The van der Waals surface area contributed by atoms with Gasteiger partial charge in [0.05, 0.1) is 54.9 Å². The molecule has 7 rings (SSSR count). The van der Waals surface area contributed by atoms with Gasteiger partial charge in [0.2, 0.25) is 11.8 Å². The number of hydrogen-bond donors (Lipinski definition) is 8. The van der Waals surface area contributed by atoms with Crippen molar-refractivity contribution in [3.63, 3.8) is 0 Å². The number of carbonyl (C=O) groups is 2. The highest BCUT2D eigenvalue weighted by molar-refractivity contribution is 5.73. The zero-order valence-corrected chi connectivity index (χ0v) is 39.5. The molecular weight excluding hydrogens is 833 g/mol. The number of rotatable bonds is 12. The van der Waals surface area contributed by atoms with Gasteiger partial charge in [-0.15, -0.1) is 0 Å². The van der Waals surface area contributed by atoms with Gasteiger partial charge in [0.1, 0.15) is 48.7 Å². The first-order valence-corrected chi connectivity index (χ1v) is 23.6. The van der Waals surface area contributed by atoms with Gasteiger partial charge < -0.3 is 74.4 Å². The van der Waals surface area contributed by atoms with E-state index in [1.807, 2.05) is 27.7 Å². The molecule has 0 spiro atoms. The van der Waals surface area contributed by atoms with Gasteiger partial charge in [-0.2, -0.15) is 0 Å². The standard InChI is InChI=1S/C47H78N2O15/c1-23(51)48-34-38(56)36(54)28(21-50)59-41(34)63-44(5,6)32-16-18-46(8)30-13-12-26(47(30,9)20-27(53)40(46)62-32)25-11-14-33-45(7,19-25)17-15-31(61-33)43(3,4)64-42-35(49-24(2)52)39(57)37(55)29(60-42)22-58-10/h19,26-42,50,53-57H,11-18,20-22H2,1-10H3,(H,48,51)(H,49,52). The van der Waals surface area contributed by atoms with Crippen molar-refractivity contribution in [1.29, 1.82) is 0 Å². The Bertz CT molecular complexity index is 1710. The lowest BCUT2D eigenvalue weighted by molar-refractivity contribution is -0.325. The van der Waals surface area contributed by atoms with E-state index in [0.29, 0.717) is 31.1 Å². The average molecular weight is 911 g/mol. The van der Waals surface area contributed by atoms with Crippen LogP contribution in [0.3, 0.4) is 0 Å². The Morgan fingerprint density at radius 2 is 1.28 bits per heavy atom. The minimum atomic E-state index is -1.43. The summed E-state index contributed by atoms with van der Waals surface area (Å²) in [6.07, 6.45) is -1.75. The normalized spacial score (nSPS) is 47.4. The summed E-state index contributed by atoms with van der Waals surface area (Å²) in [5.74, 6) is -0.216. The molecule has 64 heavy (non-hydrogen) atoms. The van der Waals surface area contributed by atoms with E-state index in [1.54, 1.807) is 0 Å². The average Bonchev–Trinajstić information content (AvgIpc) is 3.57. The van der Waals surface area contributed by atoms with Gasteiger partial charge in [0.15, 0.2) is 12.6 Å². The molecular formula is C47H78N2O15. The zero-order valence-electron chi connectivity index (χ0n) is 39.5. The third kappa shape index (κ3) is 9.21. The number of aliphatic hydroxyl groups is 6. The second kappa shape index (κ2) is 18.6. The molecule has 7 aliphatic rings. The molecule has 6 fully saturated rings. The monoisotopic (exact) mass is 911 g/mol. The quantitative estimate of drug-likeness (QED) is 0.130. The summed E-state index contributed by atoms with van der Waals surface area (Å²) in [7, 11) is 1.48. The Labute approximate surface area is 378 Å². The van der Waals surface area contributed by atoms with Crippen LogP contribution in [0.25, 0.3) is 0 Å². The van der Waals surface area contributed by atoms with Crippen LogP contribution in [-0.2, 0) is 42.7 Å². The van der Waals surface area contributed by atoms with E-state index < -0.39 is 103 Å². The van der Waals surface area contributed by atoms with E-state index in [2.05, 4.69) is 37.5 Å². The third-order valence-electron chi connectivity index (χ3n) is 16.7. The second-order valence-electron chi connectivity index (χ2n) is 22.0. The van der Waals surface area contributed by atoms with Crippen molar-refractivity contribution in [3.8, 4) is 0 Å². The lowest BCUT2D eigenvalue weighted by atomic mass is 9.50. The van der Waals surface area contributed by atoms with Crippen molar-refractivity contribution >= 4 is 11.8 Å². The fourth-order valence-corrected chi connectivity index (χ4v) is 13.4. The molecule has 366 valence electrons. The molecule has 8 N–H and O–H groups in total. The van der Waals surface area contributed by atoms with Gasteiger partial charge in [-0.3, -0.25) is 9.59 Å². The van der Waals surface area contributed by atoms with Gasteiger partial charge in [-0.05, 0) is 108 Å². The van der Waals surface area contributed by atoms with E-state index in [1.165, 1.54) is 26.5 Å². The largest absolute Gasteiger partial charge is 0.394 e. The molecule has 0 aromatic rings. The van der Waals surface area contributed by atoms with Gasteiger partial charge >= 0.3 is 0 Å². The molecule has 4 heterocycles. The highest BCUT2D eigenvalue weighted by Gasteiger charge is 2.65. The summed E-state index contributed by atoms with van der Waals surface area (Å²) >= 11 is 0. The molecule has 0 radical (unpaired) electrons. The topological polar surface area (TPSA) is 244 Å². The number of methoxy groups -OCH3 is 1. The summed E-state index contributed by atoms with van der Waals surface area (Å²) < 4.78 is 44.2. The maximum atomic E-state index is 12.1. The van der Waals surface area contributed by atoms with Crippen molar-refractivity contribution in [2.24, 2.45) is 28.1 Å². The van der Waals surface area contributed by atoms with Gasteiger partial charge in [-0.25, -0.2) is 0 Å². The lowest BCUT2D eigenvalue weighted by Gasteiger charge is -2.61. The van der Waals surface area contributed by atoms with E-state index in [4.69, 9.17) is 33.2 Å². The molecule has 4 aliphatic heterocycles. The summed E-state index contributed by atoms with van der Waals surface area (Å²) in [5, 5.41) is 70.5.